The van der Waals surface area contributed by atoms with Gasteiger partial charge < -0.3 is 9.64 Å². The summed E-state index contributed by atoms with van der Waals surface area (Å²) >= 11 is 3.52. The summed E-state index contributed by atoms with van der Waals surface area (Å²) in [4.78, 5) is 15.2. The largest absolute Gasteiger partial charge is 0.497 e. The van der Waals surface area contributed by atoms with Gasteiger partial charge >= 0.3 is 0 Å². The van der Waals surface area contributed by atoms with Crippen LogP contribution in [0.15, 0.2) is 77.3 Å². The lowest BCUT2D eigenvalue weighted by Gasteiger charge is -2.38. The van der Waals surface area contributed by atoms with Crippen molar-refractivity contribution in [1.29, 1.82) is 0 Å². The Hall–Kier alpha value is -2.59. The van der Waals surface area contributed by atoms with Crippen molar-refractivity contribution < 1.29 is 9.53 Å². The minimum Gasteiger partial charge on any atom is -0.497 e. The second kappa shape index (κ2) is 6.96. The number of hydrogen-bond acceptors (Lipinski definition) is 3. The Balaban J connectivity index is 1.89. The molecule has 0 bridgehead atoms. The van der Waals surface area contributed by atoms with Crippen molar-refractivity contribution >= 4 is 33.1 Å². The number of hydrogen-bond donors (Lipinski definition) is 0. The van der Waals surface area contributed by atoms with Gasteiger partial charge in [0.2, 0.25) is 0 Å². The lowest BCUT2D eigenvalue weighted by atomic mass is 9.89. The van der Waals surface area contributed by atoms with Gasteiger partial charge in [0.15, 0.2) is 5.78 Å². The zero-order valence-corrected chi connectivity index (χ0v) is 15.9. The quantitative estimate of drug-likeness (QED) is 0.576. The number of rotatable bonds is 3. The Morgan fingerprint density at radius 2 is 1.73 bits per heavy atom. The molecule has 0 radical (unpaired) electrons. The number of halogens is 1. The minimum absolute atomic E-state index is 0.192. The van der Waals surface area contributed by atoms with Gasteiger partial charge in [-0.2, -0.15) is 0 Å². The van der Waals surface area contributed by atoms with Crippen LogP contribution < -0.4 is 9.64 Å². The van der Waals surface area contributed by atoms with Crippen molar-refractivity contribution in [3.63, 3.8) is 0 Å². The average Bonchev–Trinajstić information content (AvgIpc) is 2.67. The van der Waals surface area contributed by atoms with Crippen molar-refractivity contribution in [3.8, 4) is 5.75 Å². The molecule has 0 fully saturated rings. The molecule has 4 heteroatoms. The van der Waals surface area contributed by atoms with E-state index in [4.69, 9.17) is 4.74 Å². The molecule has 0 saturated heterocycles. The summed E-state index contributed by atoms with van der Waals surface area (Å²) in [5.41, 5.74) is 4.07. The molecular formula is C22H18BrNO2. The summed E-state index contributed by atoms with van der Waals surface area (Å²) < 4.78 is 6.27. The van der Waals surface area contributed by atoms with Gasteiger partial charge in [-0.05, 0) is 53.6 Å². The van der Waals surface area contributed by atoms with Crippen LogP contribution in [0.2, 0.25) is 0 Å². The number of Topliss-reactive ketones (excluding diaryl/α,β-unsaturated/α-hetero) is 1. The van der Waals surface area contributed by atoms with E-state index in [-0.39, 0.29) is 11.8 Å². The Kier molecular flexibility index (Phi) is 4.51. The third kappa shape index (κ3) is 3.01. The van der Waals surface area contributed by atoms with Gasteiger partial charge in [-0.3, -0.25) is 4.79 Å². The van der Waals surface area contributed by atoms with E-state index in [2.05, 4.69) is 26.9 Å². The summed E-state index contributed by atoms with van der Waals surface area (Å²) in [6.45, 7) is 0. The van der Waals surface area contributed by atoms with Crippen molar-refractivity contribution in [2.45, 2.75) is 12.5 Å². The number of methoxy groups -OCH3 is 1. The first kappa shape index (κ1) is 16.9. The first-order valence-electron chi connectivity index (χ1n) is 8.47. The molecule has 1 heterocycles. The third-order valence-electron chi connectivity index (χ3n) is 4.69. The summed E-state index contributed by atoms with van der Waals surface area (Å²) in [6.07, 6.45) is 0.432. The number of carbonyl (C=O) groups excluding carboxylic acids is 1. The maximum absolute atomic E-state index is 13.1. The molecule has 0 amide bonds. The highest BCUT2D eigenvalue weighted by molar-refractivity contribution is 9.10. The Bertz CT molecular complexity index is 938. The van der Waals surface area contributed by atoms with Crippen molar-refractivity contribution in [1.82, 2.24) is 0 Å². The van der Waals surface area contributed by atoms with E-state index in [0.29, 0.717) is 6.42 Å². The smallest absolute Gasteiger partial charge is 0.164 e. The van der Waals surface area contributed by atoms with Crippen LogP contribution in [0.3, 0.4) is 0 Å². The minimum atomic E-state index is -0.335. The Labute approximate surface area is 161 Å². The van der Waals surface area contributed by atoms with E-state index in [1.807, 2.05) is 66.7 Å². The first-order chi connectivity index (χ1) is 12.7. The number of benzene rings is 3. The lowest BCUT2D eigenvalue weighted by Crippen LogP contribution is -2.36. The fraction of sp³-hybridized carbons (Fsp3) is 0.136. The molecule has 0 aliphatic carbocycles. The fourth-order valence-electron chi connectivity index (χ4n) is 3.50. The number of anilines is 2. The maximum atomic E-state index is 13.1. The normalized spacial score (nSPS) is 16.3. The van der Waals surface area contributed by atoms with Gasteiger partial charge in [0, 0.05) is 22.3 Å². The van der Waals surface area contributed by atoms with Gasteiger partial charge in [-0.25, -0.2) is 0 Å². The second-order valence-corrected chi connectivity index (χ2v) is 7.21. The highest BCUT2D eigenvalue weighted by Gasteiger charge is 2.35. The monoisotopic (exact) mass is 407 g/mol. The number of ether oxygens (including phenoxy) is 1. The standard InChI is InChI=1S/C22H18BrNO2/c1-26-19-10-8-18(9-11-19)24-20-12-7-17(23)13-16(20)14-21(25)22(24)15-5-3-2-4-6-15/h2-13,22H,14H2,1H3. The number of nitrogens with zero attached hydrogens (tertiary/aromatic N) is 1. The van der Waals surface area contributed by atoms with Crippen LogP contribution >= 0.6 is 15.9 Å². The Morgan fingerprint density at radius 3 is 2.42 bits per heavy atom. The number of ketones is 1. The zero-order chi connectivity index (χ0) is 18.1. The average molecular weight is 408 g/mol. The Morgan fingerprint density at radius 1 is 1.00 bits per heavy atom. The van der Waals surface area contributed by atoms with Gasteiger partial charge in [0.1, 0.15) is 11.8 Å². The summed E-state index contributed by atoms with van der Waals surface area (Å²) in [5.74, 6) is 0.988. The van der Waals surface area contributed by atoms with Crippen LogP contribution in [0.25, 0.3) is 0 Å². The predicted octanol–water partition coefficient (Wildman–Crippen LogP) is 5.46. The van der Waals surface area contributed by atoms with Crippen LogP contribution in [-0.2, 0) is 11.2 Å². The van der Waals surface area contributed by atoms with Gasteiger partial charge in [0.05, 0.1) is 7.11 Å². The van der Waals surface area contributed by atoms with Crippen LogP contribution in [0.1, 0.15) is 17.2 Å². The lowest BCUT2D eigenvalue weighted by molar-refractivity contribution is -0.120. The zero-order valence-electron chi connectivity index (χ0n) is 14.4. The summed E-state index contributed by atoms with van der Waals surface area (Å²) in [6, 6.07) is 23.6. The van der Waals surface area contributed by atoms with Crippen LogP contribution in [-0.4, -0.2) is 12.9 Å². The van der Waals surface area contributed by atoms with E-state index < -0.39 is 0 Å². The van der Waals surface area contributed by atoms with Gasteiger partial charge in [-0.15, -0.1) is 0 Å². The topological polar surface area (TPSA) is 29.5 Å². The highest BCUT2D eigenvalue weighted by atomic mass is 79.9. The number of carbonyl (C=O) groups is 1. The second-order valence-electron chi connectivity index (χ2n) is 6.30. The summed E-state index contributed by atoms with van der Waals surface area (Å²) in [5, 5.41) is 0. The molecule has 1 aliphatic rings. The van der Waals surface area contributed by atoms with Gasteiger partial charge in [-0.1, -0.05) is 46.3 Å². The van der Waals surface area contributed by atoms with E-state index >= 15 is 0 Å². The molecule has 3 nitrogen and oxygen atoms in total. The van der Waals surface area contributed by atoms with Crippen molar-refractivity contribution in [2.75, 3.05) is 12.0 Å². The first-order valence-corrected chi connectivity index (χ1v) is 9.26. The third-order valence-corrected chi connectivity index (χ3v) is 5.19. The van der Waals surface area contributed by atoms with E-state index in [0.717, 1.165) is 32.7 Å². The van der Waals surface area contributed by atoms with E-state index in [9.17, 15) is 4.79 Å². The van der Waals surface area contributed by atoms with Crippen molar-refractivity contribution in [2.24, 2.45) is 0 Å². The number of fused-ring (bicyclic) bond motifs is 1. The molecule has 130 valence electrons. The molecule has 0 spiro atoms. The van der Waals surface area contributed by atoms with Crippen LogP contribution in [0.5, 0.6) is 5.75 Å². The summed E-state index contributed by atoms with van der Waals surface area (Å²) in [7, 11) is 1.65. The highest BCUT2D eigenvalue weighted by Crippen LogP contribution is 2.43. The molecule has 0 N–H and O–H groups in total. The van der Waals surface area contributed by atoms with Gasteiger partial charge in [0.25, 0.3) is 0 Å². The fourth-order valence-corrected chi connectivity index (χ4v) is 3.91. The molecule has 4 rings (SSSR count). The van der Waals surface area contributed by atoms with E-state index in [1.165, 1.54) is 0 Å². The van der Waals surface area contributed by atoms with E-state index in [1.54, 1.807) is 7.11 Å². The molecule has 1 aliphatic heterocycles. The van der Waals surface area contributed by atoms with Crippen LogP contribution in [0, 0.1) is 0 Å². The molecule has 26 heavy (non-hydrogen) atoms. The molecule has 0 aromatic heterocycles. The predicted molar refractivity (Wildman–Crippen MR) is 107 cm³/mol. The molecular weight excluding hydrogens is 390 g/mol. The molecule has 0 saturated carbocycles. The molecule has 1 atom stereocenters. The SMILES string of the molecule is COc1ccc(N2c3ccc(Br)cc3CC(=O)C2c2ccccc2)cc1. The molecule has 3 aromatic rings. The maximum Gasteiger partial charge on any atom is 0.164 e. The molecule has 1 unspecified atom stereocenters. The molecule has 3 aromatic carbocycles. The van der Waals surface area contributed by atoms with Crippen LogP contribution in [0.4, 0.5) is 11.4 Å². The van der Waals surface area contributed by atoms with Crippen molar-refractivity contribution in [3.05, 3.63) is 88.4 Å².